The summed E-state index contributed by atoms with van der Waals surface area (Å²) in [7, 11) is 0. The quantitative estimate of drug-likeness (QED) is 0.899. The Morgan fingerprint density at radius 1 is 1.26 bits per heavy atom. The Morgan fingerprint density at radius 2 is 2.00 bits per heavy atom. The zero-order valence-electron chi connectivity index (χ0n) is 12.7. The predicted octanol–water partition coefficient (Wildman–Crippen LogP) is 3.38. The zero-order chi connectivity index (χ0) is 16.4. The van der Waals surface area contributed by atoms with E-state index in [1.807, 2.05) is 16.8 Å². The molecule has 6 heteroatoms. The van der Waals surface area contributed by atoms with E-state index in [-0.39, 0.29) is 11.8 Å². The summed E-state index contributed by atoms with van der Waals surface area (Å²) in [5.41, 5.74) is 1.21. The summed E-state index contributed by atoms with van der Waals surface area (Å²) in [6.07, 6.45) is 3.63. The molecule has 0 unspecified atom stereocenters. The topological polar surface area (TPSA) is 65.7 Å². The summed E-state index contributed by atoms with van der Waals surface area (Å²) in [5, 5.41) is 19.7. The van der Waals surface area contributed by atoms with Crippen molar-refractivity contribution in [2.24, 2.45) is 0 Å². The molecular weight excluding hydrogens is 316 g/mol. The minimum Gasteiger partial charge on any atom is -0.508 e. The number of phenols is 1. The van der Waals surface area contributed by atoms with Crippen LogP contribution in [0.5, 0.6) is 5.75 Å². The summed E-state index contributed by atoms with van der Waals surface area (Å²) in [6, 6.07) is 8.82. The van der Waals surface area contributed by atoms with Crippen molar-refractivity contribution < 1.29 is 15.0 Å². The van der Waals surface area contributed by atoms with E-state index in [1.165, 1.54) is 0 Å². The van der Waals surface area contributed by atoms with Crippen LogP contribution in [0.1, 0.15) is 34.9 Å². The summed E-state index contributed by atoms with van der Waals surface area (Å²) >= 11 is 5.85. The SMILES string of the molecule is O=C(O)c1cccn1C1CCN(Cc2ccc(Cl)cc2O)CC1. The first-order valence-electron chi connectivity index (χ1n) is 7.64. The molecule has 122 valence electrons. The number of rotatable bonds is 4. The third-order valence-electron chi connectivity index (χ3n) is 4.39. The maximum Gasteiger partial charge on any atom is 0.352 e. The van der Waals surface area contributed by atoms with E-state index in [1.54, 1.807) is 24.3 Å². The Labute approximate surface area is 139 Å². The van der Waals surface area contributed by atoms with E-state index >= 15 is 0 Å². The van der Waals surface area contributed by atoms with Gasteiger partial charge in [-0.05, 0) is 37.1 Å². The van der Waals surface area contributed by atoms with E-state index in [0.717, 1.165) is 31.5 Å². The number of hydrogen-bond acceptors (Lipinski definition) is 3. The molecule has 0 aliphatic carbocycles. The number of hydrogen-bond donors (Lipinski definition) is 2. The lowest BCUT2D eigenvalue weighted by Gasteiger charge is -2.33. The van der Waals surface area contributed by atoms with Crippen LogP contribution in [0.15, 0.2) is 36.5 Å². The van der Waals surface area contributed by atoms with E-state index in [0.29, 0.717) is 17.3 Å². The number of phenolic OH excluding ortho intramolecular Hbond substituents is 1. The van der Waals surface area contributed by atoms with E-state index in [9.17, 15) is 15.0 Å². The number of carboxylic acids is 1. The van der Waals surface area contributed by atoms with Crippen LogP contribution in [0.3, 0.4) is 0 Å². The van der Waals surface area contributed by atoms with E-state index in [4.69, 9.17) is 11.6 Å². The number of aromatic nitrogens is 1. The van der Waals surface area contributed by atoms with Crippen LogP contribution < -0.4 is 0 Å². The Balaban J connectivity index is 1.62. The minimum atomic E-state index is -0.886. The van der Waals surface area contributed by atoms with Crippen LogP contribution in [0.2, 0.25) is 5.02 Å². The van der Waals surface area contributed by atoms with Crippen molar-refractivity contribution in [2.45, 2.75) is 25.4 Å². The van der Waals surface area contributed by atoms with Crippen LogP contribution in [-0.4, -0.2) is 38.7 Å². The van der Waals surface area contributed by atoms with Crippen LogP contribution in [0.25, 0.3) is 0 Å². The summed E-state index contributed by atoms with van der Waals surface area (Å²) in [5.74, 6) is -0.665. The van der Waals surface area contributed by atoms with E-state index < -0.39 is 5.97 Å². The molecule has 0 radical (unpaired) electrons. The Kier molecular flexibility index (Phi) is 4.59. The number of likely N-dealkylation sites (tertiary alicyclic amines) is 1. The average Bonchev–Trinajstić information content (AvgIpc) is 3.00. The molecule has 2 N–H and O–H groups in total. The van der Waals surface area contributed by atoms with Gasteiger partial charge in [0.2, 0.25) is 0 Å². The second-order valence-corrected chi connectivity index (χ2v) is 6.32. The maximum atomic E-state index is 11.2. The maximum absolute atomic E-state index is 11.2. The normalized spacial score (nSPS) is 16.6. The van der Waals surface area contributed by atoms with Gasteiger partial charge in [-0.25, -0.2) is 4.79 Å². The highest BCUT2D eigenvalue weighted by atomic mass is 35.5. The van der Waals surface area contributed by atoms with Gasteiger partial charge in [-0.2, -0.15) is 0 Å². The average molecular weight is 335 g/mol. The van der Waals surface area contributed by atoms with Crippen molar-refractivity contribution in [3.63, 3.8) is 0 Å². The molecule has 23 heavy (non-hydrogen) atoms. The lowest BCUT2D eigenvalue weighted by atomic mass is 10.0. The van der Waals surface area contributed by atoms with Crippen molar-refractivity contribution >= 4 is 17.6 Å². The largest absolute Gasteiger partial charge is 0.508 e. The predicted molar refractivity (Wildman–Crippen MR) is 88.1 cm³/mol. The highest BCUT2D eigenvalue weighted by Crippen LogP contribution is 2.28. The third-order valence-corrected chi connectivity index (χ3v) is 4.62. The summed E-state index contributed by atoms with van der Waals surface area (Å²) in [6.45, 7) is 2.40. The van der Waals surface area contributed by atoms with Crippen LogP contribution >= 0.6 is 11.6 Å². The van der Waals surface area contributed by atoms with Gasteiger partial charge >= 0.3 is 5.97 Å². The van der Waals surface area contributed by atoms with Crippen LogP contribution in [0, 0.1) is 0 Å². The van der Waals surface area contributed by atoms with Crippen molar-refractivity contribution in [3.05, 3.63) is 52.8 Å². The van der Waals surface area contributed by atoms with Gasteiger partial charge in [-0.3, -0.25) is 4.90 Å². The fourth-order valence-corrected chi connectivity index (χ4v) is 3.33. The molecule has 0 spiro atoms. The van der Waals surface area contributed by atoms with Gasteiger partial charge in [0.05, 0.1) is 0 Å². The summed E-state index contributed by atoms with van der Waals surface area (Å²) in [4.78, 5) is 13.5. The van der Waals surface area contributed by atoms with Gasteiger partial charge in [0.1, 0.15) is 11.4 Å². The molecule has 2 aromatic rings. The Morgan fingerprint density at radius 3 is 2.65 bits per heavy atom. The number of aromatic carboxylic acids is 1. The zero-order valence-corrected chi connectivity index (χ0v) is 13.4. The smallest absolute Gasteiger partial charge is 0.352 e. The molecule has 1 saturated heterocycles. The molecule has 0 bridgehead atoms. The molecule has 0 atom stereocenters. The van der Waals surface area contributed by atoms with Crippen molar-refractivity contribution in [1.29, 1.82) is 0 Å². The fraction of sp³-hybridized carbons (Fsp3) is 0.353. The van der Waals surface area contributed by atoms with Gasteiger partial charge < -0.3 is 14.8 Å². The molecule has 2 heterocycles. The fourth-order valence-electron chi connectivity index (χ4n) is 3.16. The molecule has 5 nitrogen and oxygen atoms in total. The van der Waals surface area contributed by atoms with Gasteiger partial charge in [-0.1, -0.05) is 17.7 Å². The molecule has 1 aliphatic heterocycles. The van der Waals surface area contributed by atoms with Gasteiger partial charge in [0.15, 0.2) is 0 Å². The summed E-state index contributed by atoms with van der Waals surface area (Å²) < 4.78 is 1.86. The second kappa shape index (κ2) is 6.64. The molecule has 1 aromatic heterocycles. The molecule has 0 saturated carbocycles. The molecule has 1 aliphatic rings. The second-order valence-electron chi connectivity index (χ2n) is 5.89. The first kappa shape index (κ1) is 15.9. The first-order valence-corrected chi connectivity index (χ1v) is 8.02. The lowest BCUT2D eigenvalue weighted by molar-refractivity contribution is 0.0678. The number of aromatic hydroxyl groups is 1. The molecular formula is C17H19ClN2O3. The molecule has 1 fully saturated rings. The highest BCUT2D eigenvalue weighted by Gasteiger charge is 2.23. The molecule has 1 aromatic carbocycles. The minimum absolute atomic E-state index is 0.214. The molecule has 3 rings (SSSR count). The number of carboxylic acid groups (broad SMARTS) is 1. The monoisotopic (exact) mass is 334 g/mol. The molecule has 0 amide bonds. The Bertz CT molecular complexity index is 706. The number of carbonyl (C=O) groups is 1. The number of piperidine rings is 1. The van der Waals surface area contributed by atoms with Crippen molar-refractivity contribution in [1.82, 2.24) is 9.47 Å². The first-order chi connectivity index (χ1) is 11.0. The van der Waals surface area contributed by atoms with Crippen molar-refractivity contribution in [3.8, 4) is 5.75 Å². The highest BCUT2D eigenvalue weighted by molar-refractivity contribution is 6.30. The lowest BCUT2D eigenvalue weighted by Crippen LogP contribution is -2.34. The van der Waals surface area contributed by atoms with Crippen molar-refractivity contribution in [2.75, 3.05) is 13.1 Å². The van der Waals surface area contributed by atoms with Gasteiger partial charge in [0, 0.05) is 42.5 Å². The van der Waals surface area contributed by atoms with Crippen LogP contribution in [0.4, 0.5) is 0 Å². The number of halogens is 1. The van der Waals surface area contributed by atoms with Gasteiger partial charge in [0.25, 0.3) is 0 Å². The van der Waals surface area contributed by atoms with Crippen LogP contribution in [-0.2, 0) is 6.54 Å². The van der Waals surface area contributed by atoms with Gasteiger partial charge in [-0.15, -0.1) is 0 Å². The third kappa shape index (κ3) is 3.51. The number of benzene rings is 1. The van der Waals surface area contributed by atoms with E-state index in [2.05, 4.69) is 4.90 Å². The Hall–Kier alpha value is -1.98. The number of nitrogens with zero attached hydrogens (tertiary/aromatic N) is 2. The standard InChI is InChI=1S/C17H19ClN2O3/c18-13-4-3-12(16(21)10-13)11-19-8-5-14(6-9-19)20-7-1-2-15(20)17(22)23/h1-4,7,10,14,21H,5-6,8-9,11H2,(H,22,23).